The van der Waals surface area contributed by atoms with E-state index in [-0.39, 0.29) is 12.0 Å². The standard InChI is InChI=1S/C14H20O3/c1-4-15-14(16-5-2)11(3)13(17-14)12-9-7-6-8-10-12/h6-11,13H,4-5H2,1-3H3/t11-,13-/m0/s1. The quantitative estimate of drug-likeness (QED) is 0.735. The Morgan fingerprint density at radius 3 is 2.18 bits per heavy atom. The number of hydrogen-bond donors (Lipinski definition) is 0. The molecule has 0 bridgehead atoms. The first kappa shape index (κ1) is 12.6. The van der Waals surface area contributed by atoms with Gasteiger partial charge in [-0.3, -0.25) is 0 Å². The van der Waals surface area contributed by atoms with Crippen LogP contribution in [0.3, 0.4) is 0 Å². The molecule has 1 aromatic carbocycles. The lowest BCUT2D eigenvalue weighted by Crippen LogP contribution is -2.57. The number of hydrogen-bond acceptors (Lipinski definition) is 3. The molecule has 1 aromatic rings. The molecule has 1 aliphatic heterocycles. The van der Waals surface area contributed by atoms with E-state index in [4.69, 9.17) is 14.2 Å². The lowest BCUT2D eigenvalue weighted by atomic mass is 9.89. The van der Waals surface area contributed by atoms with Crippen molar-refractivity contribution in [3.63, 3.8) is 0 Å². The van der Waals surface area contributed by atoms with Gasteiger partial charge in [0.2, 0.25) is 0 Å². The minimum atomic E-state index is -0.843. The Morgan fingerprint density at radius 1 is 1.12 bits per heavy atom. The Bertz CT molecular complexity index is 344. The van der Waals surface area contributed by atoms with Crippen molar-refractivity contribution in [3.05, 3.63) is 35.9 Å². The molecule has 3 heteroatoms. The van der Waals surface area contributed by atoms with Gasteiger partial charge in [0, 0.05) is 13.2 Å². The summed E-state index contributed by atoms with van der Waals surface area (Å²) in [6.07, 6.45) is 0.0642. The second-order valence-electron chi connectivity index (χ2n) is 4.21. The molecule has 0 amide bonds. The summed E-state index contributed by atoms with van der Waals surface area (Å²) < 4.78 is 17.1. The van der Waals surface area contributed by atoms with E-state index >= 15 is 0 Å². The molecular weight excluding hydrogens is 216 g/mol. The highest BCUT2D eigenvalue weighted by Crippen LogP contribution is 2.49. The normalized spacial score (nSPS) is 26.5. The minimum Gasteiger partial charge on any atom is -0.327 e. The van der Waals surface area contributed by atoms with Crippen LogP contribution in [-0.4, -0.2) is 19.2 Å². The maximum atomic E-state index is 5.86. The van der Waals surface area contributed by atoms with Crippen LogP contribution in [0.5, 0.6) is 0 Å². The average molecular weight is 236 g/mol. The molecule has 0 spiro atoms. The number of benzene rings is 1. The summed E-state index contributed by atoms with van der Waals surface area (Å²) in [5.74, 6) is -0.644. The average Bonchev–Trinajstić information content (AvgIpc) is 2.37. The van der Waals surface area contributed by atoms with Crippen LogP contribution in [0.4, 0.5) is 0 Å². The summed E-state index contributed by atoms with van der Waals surface area (Å²) in [6.45, 7) is 7.18. The largest absolute Gasteiger partial charge is 0.327 e. The van der Waals surface area contributed by atoms with Gasteiger partial charge in [0.15, 0.2) is 0 Å². The van der Waals surface area contributed by atoms with Gasteiger partial charge < -0.3 is 14.2 Å². The Labute approximate surface area is 103 Å². The molecule has 94 valence electrons. The smallest absolute Gasteiger partial charge is 0.289 e. The topological polar surface area (TPSA) is 27.7 Å². The first-order chi connectivity index (χ1) is 8.23. The molecule has 0 aromatic heterocycles. The Balaban J connectivity index is 2.08. The summed E-state index contributed by atoms with van der Waals surface area (Å²) in [5, 5.41) is 0. The molecule has 0 saturated carbocycles. The van der Waals surface area contributed by atoms with Crippen LogP contribution in [0.15, 0.2) is 30.3 Å². The molecule has 2 atom stereocenters. The van der Waals surface area contributed by atoms with Gasteiger partial charge in [0.1, 0.15) is 0 Å². The Kier molecular flexibility index (Phi) is 3.82. The van der Waals surface area contributed by atoms with Crippen molar-refractivity contribution >= 4 is 0 Å². The van der Waals surface area contributed by atoms with Crippen LogP contribution in [0.2, 0.25) is 0 Å². The third-order valence-corrected chi connectivity index (χ3v) is 3.12. The van der Waals surface area contributed by atoms with Gasteiger partial charge in [-0.1, -0.05) is 37.3 Å². The summed E-state index contributed by atoms with van der Waals surface area (Å²) in [7, 11) is 0. The van der Waals surface area contributed by atoms with Crippen molar-refractivity contribution < 1.29 is 14.2 Å². The van der Waals surface area contributed by atoms with Gasteiger partial charge >= 0.3 is 0 Å². The molecule has 0 unspecified atom stereocenters. The Hall–Kier alpha value is -0.900. The minimum absolute atomic E-state index is 0.0642. The Morgan fingerprint density at radius 2 is 1.71 bits per heavy atom. The molecule has 1 heterocycles. The number of rotatable bonds is 5. The summed E-state index contributed by atoms with van der Waals surface area (Å²) >= 11 is 0. The van der Waals surface area contributed by atoms with Gasteiger partial charge in [-0.25, -0.2) is 0 Å². The van der Waals surface area contributed by atoms with E-state index in [0.717, 1.165) is 0 Å². The van der Waals surface area contributed by atoms with E-state index in [1.165, 1.54) is 5.56 Å². The van der Waals surface area contributed by atoms with Crippen LogP contribution in [0.25, 0.3) is 0 Å². The van der Waals surface area contributed by atoms with Crippen molar-refractivity contribution in [1.82, 2.24) is 0 Å². The zero-order valence-electron chi connectivity index (χ0n) is 10.7. The molecule has 2 rings (SSSR count). The monoisotopic (exact) mass is 236 g/mol. The van der Waals surface area contributed by atoms with Gasteiger partial charge in [-0.05, 0) is 19.4 Å². The third kappa shape index (κ3) is 2.23. The van der Waals surface area contributed by atoms with E-state index in [1.54, 1.807) is 0 Å². The molecule has 0 aliphatic carbocycles. The van der Waals surface area contributed by atoms with Gasteiger partial charge in [0.25, 0.3) is 5.97 Å². The highest BCUT2D eigenvalue weighted by molar-refractivity contribution is 5.20. The van der Waals surface area contributed by atoms with Crippen LogP contribution in [0.1, 0.15) is 32.4 Å². The maximum Gasteiger partial charge on any atom is 0.289 e. The van der Waals surface area contributed by atoms with Gasteiger partial charge in [0.05, 0.1) is 12.0 Å². The zero-order chi connectivity index (χ0) is 12.3. The fourth-order valence-corrected chi connectivity index (χ4v) is 2.27. The highest BCUT2D eigenvalue weighted by atomic mass is 16.9. The van der Waals surface area contributed by atoms with Crippen molar-refractivity contribution in [1.29, 1.82) is 0 Å². The van der Waals surface area contributed by atoms with Crippen LogP contribution < -0.4 is 0 Å². The highest BCUT2D eigenvalue weighted by Gasteiger charge is 2.56. The van der Waals surface area contributed by atoms with Crippen LogP contribution in [0, 0.1) is 5.92 Å². The molecular formula is C14H20O3. The summed E-state index contributed by atoms with van der Waals surface area (Å²) in [4.78, 5) is 0. The predicted octanol–water partition coefficient (Wildman–Crippen LogP) is 3.12. The first-order valence-electron chi connectivity index (χ1n) is 6.24. The first-order valence-corrected chi connectivity index (χ1v) is 6.24. The molecule has 0 radical (unpaired) electrons. The lowest BCUT2D eigenvalue weighted by molar-refractivity contribution is -0.491. The van der Waals surface area contributed by atoms with Crippen molar-refractivity contribution in [2.45, 2.75) is 32.8 Å². The van der Waals surface area contributed by atoms with E-state index < -0.39 is 5.97 Å². The molecule has 3 nitrogen and oxygen atoms in total. The second-order valence-corrected chi connectivity index (χ2v) is 4.21. The molecule has 17 heavy (non-hydrogen) atoms. The van der Waals surface area contributed by atoms with Crippen molar-refractivity contribution in [3.8, 4) is 0 Å². The predicted molar refractivity (Wildman–Crippen MR) is 65.4 cm³/mol. The zero-order valence-corrected chi connectivity index (χ0v) is 10.7. The fraction of sp³-hybridized carbons (Fsp3) is 0.571. The van der Waals surface area contributed by atoms with Gasteiger partial charge in [-0.15, -0.1) is 0 Å². The van der Waals surface area contributed by atoms with Gasteiger partial charge in [-0.2, -0.15) is 0 Å². The SMILES string of the molecule is CCOC1(OCC)O[C@H](c2ccccc2)[C@@H]1C. The molecule has 1 fully saturated rings. The molecule has 1 saturated heterocycles. The molecule has 1 aliphatic rings. The maximum absolute atomic E-state index is 5.86. The molecule has 0 N–H and O–H groups in total. The van der Waals surface area contributed by atoms with E-state index in [0.29, 0.717) is 13.2 Å². The van der Waals surface area contributed by atoms with Crippen molar-refractivity contribution in [2.75, 3.05) is 13.2 Å². The van der Waals surface area contributed by atoms with Crippen LogP contribution in [-0.2, 0) is 14.2 Å². The lowest BCUT2D eigenvalue weighted by Gasteiger charge is -2.51. The summed E-state index contributed by atoms with van der Waals surface area (Å²) in [5.41, 5.74) is 1.18. The van der Waals surface area contributed by atoms with E-state index in [9.17, 15) is 0 Å². The second kappa shape index (κ2) is 5.17. The summed E-state index contributed by atoms with van der Waals surface area (Å²) in [6, 6.07) is 10.2. The third-order valence-electron chi connectivity index (χ3n) is 3.12. The van der Waals surface area contributed by atoms with Crippen molar-refractivity contribution in [2.24, 2.45) is 5.92 Å². The number of ether oxygens (including phenoxy) is 3. The fourth-order valence-electron chi connectivity index (χ4n) is 2.27. The van der Waals surface area contributed by atoms with Crippen LogP contribution >= 0.6 is 0 Å². The van der Waals surface area contributed by atoms with E-state index in [2.05, 4.69) is 19.1 Å². The van der Waals surface area contributed by atoms with E-state index in [1.807, 2.05) is 32.0 Å².